The summed E-state index contributed by atoms with van der Waals surface area (Å²) in [7, 11) is 0. The van der Waals surface area contributed by atoms with Gasteiger partial charge in [0.15, 0.2) is 5.69 Å². The fourth-order valence-electron chi connectivity index (χ4n) is 3.70. The topological polar surface area (TPSA) is 58.4 Å². The first-order valence-electron chi connectivity index (χ1n) is 8.36. The zero-order valence-corrected chi connectivity index (χ0v) is 14.8. The number of nitrogens with zero attached hydrogens (tertiary/aromatic N) is 2. The fourth-order valence-corrected chi connectivity index (χ4v) is 4.61. The molecule has 1 aromatic heterocycles. The van der Waals surface area contributed by atoms with Gasteiger partial charge in [-0.15, -0.1) is 0 Å². The standard InChI is InChI=1S/C16H22IN3O2/c17-12-8-20(11-3-1-2-4-11)9-14(12)18-16(21)13-7-15(22-19-13)10-5-6-10/h7,10-12,14H,1-6,8-9H2,(H,18,21)/t12-,14-/m1/s1. The molecule has 6 heteroatoms. The van der Waals surface area contributed by atoms with Crippen LogP contribution in [0.3, 0.4) is 0 Å². The predicted octanol–water partition coefficient (Wildman–Crippen LogP) is 2.71. The van der Waals surface area contributed by atoms with Crippen molar-refractivity contribution >= 4 is 28.5 Å². The average molecular weight is 415 g/mol. The van der Waals surface area contributed by atoms with Crippen molar-refractivity contribution in [1.29, 1.82) is 0 Å². The van der Waals surface area contributed by atoms with Crippen LogP contribution in [-0.4, -0.2) is 45.1 Å². The highest BCUT2D eigenvalue weighted by molar-refractivity contribution is 14.1. The smallest absolute Gasteiger partial charge is 0.273 e. The Balaban J connectivity index is 1.36. The molecule has 1 amide bonds. The molecule has 1 aromatic rings. The lowest BCUT2D eigenvalue weighted by Gasteiger charge is -2.23. The highest BCUT2D eigenvalue weighted by atomic mass is 127. The van der Waals surface area contributed by atoms with E-state index in [1.165, 1.54) is 25.7 Å². The quantitative estimate of drug-likeness (QED) is 0.607. The molecule has 0 unspecified atom stereocenters. The first kappa shape index (κ1) is 14.9. The Morgan fingerprint density at radius 3 is 2.77 bits per heavy atom. The van der Waals surface area contributed by atoms with Crippen molar-refractivity contribution in [2.24, 2.45) is 0 Å². The lowest BCUT2D eigenvalue weighted by Crippen LogP contribution is -2.41. The first-order chi connectivity index (χ1) is 10.7. The Morgan fingerprint density at radius 2 is 2.05 bits per heavy atom. The van der Waals surface area contributed by atoms with Gasteiger partial charge in [-0.2, -0.15) is 0 Å². The number of aromatic nitrogens is 1. The molecule has 120 valence electrons. The number of carbonyl (C=O) groups excluding carboxylic acids is 1. The summed E-state index contributed by atoms with van der Waals surface area (Å²) in [5.41, 5.74) is 0.435. The van der Waals surface area contributed by atoms with Gasteiger partial charge in [-0.25, -0.2) is 0 Å². The van der Waals surface area contributed by atoms with Crippen LogP contribution in [0, 0.1) is 0 Å². The maximum Gasteiger partial charge on any atom is 0.273 e. The third kappa shape index (κ3) is 3.04. The molecule has 5 nitrogen and oxygen atoms in total. The van der Waals surface area contributed by atoms with Crippen LogP contribution in [0.25, 0.3) is 0 Å². The molecule has 0 radical (unpaired) electrons. The number of hydrogen-bond donors (Lipinski definition) is 1. The fraction of sp³-hybridized carbons (Fsp3) is 0.750. The van der Waals surface area contributed by atoms with Gasteiger partial charge in [0, 0.05) is 35.0 Å². The number of alkyl halides is 1. The van der Waals surface area contributed by atoms with E-state index < -0.39 is 0 Å². The summed E-state index contributed by atoms with van der Waals surface area (Å²) in [6.45, 7) is 2.06. The first-order valence-corrected chi connectivity index (χ1v) is 9.61. The number of nitrogens with one attached hydrogen (secondary N) is 1. The third-order valence-electron chi connectivity index (χ3n) is 5.18. The van der Waals surface area contributed by atoms with Crippen molar-refractivity contribution in [3.05, 3.63) is 17.5 Å². The molecule has 1 saturated heterocycles. The highest BCUT2D eigenvalue weighted by Gasteiger charge is 2.37. The maximum absolute atomic E-state index is 12.4. The monoisotopic (exact) mass is 415 g/mol. The maximum atomic E-state index is 12.4. The van der Waals surface area contributed by atoms with E-state index in [1.54, 1.807) is 0 Å². The van der Waals surface area contributed by atoms with E-state index in [-0.39, 0.29) is 11.9 Å². The predicted molar refractivity (Wildman–Crippen MR) is 91.4 cm³/mol. The molecule has 2 atom stereocenters. The molecule has 2 aliphatic carbocycles. The van der Waals surface area contributed by atoms with E-state index in [1.807, 2.05) is 6.07 Å². The van der Waals surface area contributed by atoms with Gasteiger partial charge in [0.1, 0.15) is 5.76 Å². The summed E-state index contributed by atoms with van der Waals surface area (Å²) >= 11 is 2.47. The van der Waals surface area contributed by atoms with E-state index >= 15 is 0 Å². The van der Waals surface area contributed by atoms with Gasteiger partial charge in [-0.1, -0.05) is 40.6 Å². The van der Waals surface area contributed by atoms with Crippen molar-refractivity contribution in [2.45, 2.75) is 60.5 Å². The Labute approximate surface area is 144 Å². The largest absolute Gasteiger partial charge is 0.360 e. The van der Waals surface area contributed by atoms with E-state index in [0.717, 1.165) is 37.7 Å². The Morgan fingerprint density at radius 1 is 1.27 bits per heavy atom. The van der Waals surface area contributed by atoms with Crippen LogP contribution < -0.4 is 5.32 Å². The van der Waals surface area contributed by atoms with E-state index in [0.29, 0.717) is 15.5 Å². The molecular formula is C16H22IN3O2. The number of carbonyl (C=O) groups is 1. The summed E-state index contributed by atoms with van der Waals surface area (Å²) < 4.78 is 5.75. The summed E-state index contributed by atoms with van der Waals surface area (Å²) in [6, 6.07) is 2.77. The number of rotatable bonds is 4. The van der Waals surface area contributed by atoms with Crippen molar-refractivity contribution in [3.8, 4) is 0 Å². The molecule has 2 heterocycles. The van der Waals surface area contributed by atoms with Crippen LogP contribution in [0.4, 0.5) is 0 Å². The Kier molecular flexibility index (Phi) is 4.15. The molecule has 0 aromatic carbocycles. The van der Waals surface area contributed by atoms with Crippen molar-refractivity contribution < 1.29 is 9.32 Å². The molecule has 22 heavy (non-hydrogen) atoms. The third-order valence-corrected chi connectivity index (χ3v) is 6.44. The molecule has 0 spiro atoms. The lowest BCUT2D eigenvalue weighted by molar-refractivity contribution is 0.0928. The number of halogens is 1. The van der Waals surface area contributed by atoms with Gasteiger partial charge < -0.3 is 9.84 Å². The van der Waals surface area contributed by atoms with Crippen LogP contribution in [0.5, 0.6) is 0 Å². The molecule has 2 saturated carbocycles. The van der Waals surface area contributed by atoms with E-state index in [2.05, 4.69) is 38.0 Å². The molecule has 0 bridgehead atoms. The van der Waals surface area contributed by atoms with Gasteiger partial charge in [-0.3, -0.25) is 9.69 Å². The number of amides is 1. The molecule has 1 N–H and O–H groups in total. The molecule has 4 rings (SSSR count). The van der Waals surface area contributed by atoms with Crippen molar-refractivity contribution in [1.82, 2.24) is 15.4 Å². The van der Waals surface area contributed by atoms with Crippen LogP contribution in [0.2, 0.25) is 0 Å². The minimum absolute atomic E-state index is 0.0874. The second kappa shape index (κ2) is 6.11. The summed E-state index contributed by atoms with van der Waals surface area (Å²) in [4.78, 5) is 14.9. The lowest BCUT2D eigenvalue weighted by atomic mass is 10.2. The van der Waals surface area contributed by atoms with Gasteiger partial charge in [0.25, 0.3) is 5.91 Å². The summed E-state index contributed by atoms with van der Waals surface area (Å²) in [5.74, 6) is 1.28. The van der Waals surface area contributed by atoms with Crippen molar-refractivity contribution in [2.75, 3.05) is 13.1 Å². The van der Waals surface area contributed by atoms with Gasteiger partial charge in [-0.05, 0) is 25.7 Å². The van der Waals surface area contributed by atoms with Crippen LogP contribution in [-0.2, 0) is 0 Å². The second-order valence-electron chi connectivity index (χ2n) is 6.88. The average Bonchev–Trinajstić information content (AvgIpc) is 2.96. The van der Waals surface area contributed by atoms with Gasteiger partial charge in [0.05, 0.1) is 6.04 Å². The summed E-state index contributed by atoms with van der Waals surface area (Å²) in [5, 5.41) is 7.10. The summed E-state index contributed by atoms with van der Waals surface area (Å²) in [6.07, 6.45) is 7.66. The zero-order valence-electron chi connectivity index (χ0n) is 12.6. The molecular weight excluding hydrogens is 393 g/mol. The number of likely N-dealkylation sites (tertiary alicyclic amines) is 1. The van der Waals surface area contributed by atoms with Crippen LogP contribution >= 0.6 is 22.6 Å². The molecule has 3 aliphatic rings. The van der Waals surface area contributed by atoms with Gasteiger partial charge >= 0.3 is 0 Å². The van der Waals surface area contributed by atoms with Crippen LogP contribution in [0.15, 0.2) is 10.6 Å². The van der Waals surface area contributed by atoms with E-state index in [4.69, 9.17) is 4.52 Å². The SMILES string of the molecule is O=C(N[C@@H]1CN(C2CCCC2)C[C@H]1I)c1cc(C2CC2)on1. The van der Waals surface area contributed by atoms with Crippen molar-refractivity contribution in [3.63, 3.8) is 0 Å². The Hall–Kier alpha value is -0.630. The zero-order chi connectivity index (χ0) is 15.1. The Bertz CT molecular complexity index is 551. The highest BCUT2D eigenvalue weighted by Crippen LogP contribution is 2.40. The minimum atomic E-state index is -0.0874. The molecule has 1 aliphatic heterocycles. The van der Waals surface area contributed by atoms with E-state index in [9.17, 15) is 4.79 Å². The minimum Gasteiger partial charge on any atom is -0.360 e. The normalized spacial score (nSPS) is 30.0. The van der Waals surface area contributed by atoms with Gasteiger partial charge in [0.2, 0.25) is 0 Å². The second-order valence-corrected chi connectivity index (χ2v) is 8.48. The number of hydrogen-bond acceptors (Lipinski definition) is 4. The van der Waals surface area contributed by atoms with Crippen LogP contribution in [0.1, 0.15) is 60.7 Å². The molecule has 3 fully saturated rings.